The lowest BCUT2D eigenvalue weighted by atomic mass is 9.99. The molecule has 1 amide bonds. The maximum atomic E-state index is 13.2. The van der Waals surface area contributed by atoms with Gasteiger partial charge in [0.05, 0.1) is 24.5 Å². The smallest absolute Gasteiger partial charge is 0.246 e. The summed E-state index contributed by atoms with van der Waals surface area (Å²) in [5.74, 6) is 0.00628. The molecule has 0 spiro atoms. The molecular formula is C22H23FN4O5S. The number of nitrogens with one attached hydrogen (secondary N) is 1. The lowest BCUT2D eigenvalue weighted by Gasteiger charge is -2.31. The van der Waals surface area contributed by atoms with Gasteiger partial charge in [-0.25, -0.2) is 12.8 Å². The highest BCUT2D eigenvalue weighted by Gasteiger charge is 2.33. The molecule has 1 fully saturated rings. The third kappa shape index (κ3) is 5.20. The fourth-order valence-electron chi connectivity index (χ4n) is 3.62. The first kappa shape index (κ1) is 22.9. The molecule has 1 aliphatic heterocycles. The van der Waals surface area contributed by atoms with E-state index in [4.69, 9.17) is 9.26 Å². The van der Waals surface area contributed by atoms with Crippen LogP contribution in [0.1, 0.15) is 18.7 Å². The Hall–Kier alpha value is -3.31. The molecule has 9 nitrogen and oxygen atoms in total. The standard InChI is InChI=1S/C22H23FN4O5S/c1-31-18-8-4-15(5-9-18)21-25-20(32-26-21)13-24-22(28)16-3-2-12-27(14-16)33(29,30)19-10-6-17(23)7-11-19/h4-11,16H,2-3,12-14H2,1H3,(H,24,28). The molecule has 174 valence electrons. The van der Waals surface area contributed by atoms with Crippen LogP contribution in [0, 0.1) is 11.7 Å². The Morgan fingerprint density at radius 3 is 2.64 bits per heavy atom. The molecule has 1 N–H and O–H groups in total. The molecule has 0 radical (unpaired) electrons. The predicted octanol–water partition coefficient (Wildman–Crippen LogP) is 2.60. The fourth-order valence-corrected chi connectivity index (χ4v) is 5.15. The molecule has 3 aromatic rings. The second-order valence-electron chi connectivity index (χ2n) is 7.61. The Labute approximate surface area is 190 Å². The van der Waals surface area contributed by atoms with Gasteiger partial charge in [0.15, 0.2) is 0 Å². The van der Waals surface area contributed by atoms with E-state index in [2.05, 4.69) is 15.5 Å². The molecule has 0 aliphatic carbocycles. The number of amides is 1. The SMILES string of the molecule is COc1ccc(-c2noc(CNC(=O)C3CCCN(S(=O)(=O)c4ccc(F)cc4)C3)n2)cc1. The molecule has 4 rings (SSSR count). The first-order chi connectivity index (χ1) is 15.9. The van der Waals surface area contributed by atoms with Gasteiger partial charge in [0.25, 0.3) is 0 Å². The number of sulfonamides is 1. The van der Waals surface area contributed by atoms with E-state index in [0.717, 1.165) is 17.7 Å². The molecule has 2 heterocycles. The summed E-state index contributed by atoms with van der Waals surface area (Å²) in [7, 11) is -2.23. The Morgan fingerprint density at radius 2 is 1.94 bits per heavy atom. The van der Waals surface area contributed by atoms with Crippen LogP contribution in [0.5, 0.6) is 5.75 Å². The predicted molar refractivity (Wildman–Crippen MR) is 116 cm³/mol. The molecule has 1 saturated heterocycles. The van der Waals surface area contributed by atoms with Crippen molar-refractivity contribution in [1.82, 2.24) is 19.8 Å². The maximum absolute atomic E-state index is 13.2. The van der Waals surface area contributed by atoms with E-state index in [0.29, 0.717) is 31.0 Å². The van der Waals surface area contributed by atoms with Crippen LogP contribution < -0.4 is 10.1 Å². The number of benzene rings is 2. The van der Waals surface area contributed by atoms with Gasteiger partial charge in [-0.05, 0) is 61.4 Å². The number of carbonyl (C=O) groups is 1. The van der Waals surface area contributed by atoms with Gasteiger partial charge >= 0.3 is 0 Å². The Morgan fingerprint density at radius 1 is 1.21 bits per heavy atom. The first-order valence-electron chi connectivity index (χ1n) is 10.4. The van der Waals surface area contributed by atoms with Crippen molar-refractivity contribution in [1.29, 1.82) is 0 Å². The van der Waals surface area contributed by atoms with Crippen LogP contribution in [0.2, 0.25) is 0 Å². The summed E-state index contributed by atoms with van der Waals surface area (Å²) in [6, 6.07) is 11.8. The monoisotopic (exact) mass is 474 g/mol. The van der Waals surface area contributed by atoms with Crippen molar-refractivity contribution in [2.75, 3.05) is 20.2 Å². The molecule has 1 aromatic heterocycles. The van der Waals surface area contributed by atoms with E-state index in [1.807, 2.05) is 0 Å². The normalized spacial score (nSPS) is 17.0. The Bertz CT molecular complexity index is 1210. The van der Waals surface area contributed by atoms with E-state index in [9.17, 15) is 17.6 Å². The zero-order valence-electron chi connectivity index (χ0n) is 17.9. The van der Waals surface area contributed by atoms with Crippen molar-refractivity contribution < 1.29 is 26.9 Å². The quantitative estimate of drug-likeness (QED) is 0.560. The van der Waals surface area contributed by atoms with Gasteiger partial charge in [-0.2, -0.15) is 9.29 Å². The summed E-state index contributed by atoms with van der Waals surface area (Å²) in [6.07, 6.45) is 1.10. The van der Waals surface area contributed by atoms with E-state index >= 15 is 0 Å². The van der Waals surface area contributed by atoms with Gasteiger partial charge < -0.3 is 14.6 Å². The maximum Gasteiger partial charge on any atom is 0.246 e. The summed E-state index contributed by atoms with van der Waals surface area (Å²) in [4.78, 5) is 17.0. The van der Waals surface area contributed by atoms with Gasteiger partial charge in [-0.15, -0.1) is 0 Å². The van der Waals surface area contributed by atoms with E-state index < -0.39 is 21.8 Å². The number of rotatable bonds is 7. The van der Waals surface area contributed by atoms with Crippen molar-refractivity contribution in [2.45, 2.75) is 24.3 Å². The Kier molecular flexibility index (Phi) is 6.70. The van der Waals surface area contributed by atoms with Crippen LogP contribution in [-0.2, 0) is 21.4 Å². The molecule has 1 atom stereocenters. The van der Waals surface area contributed by atoms with Crippen molar-refractivity contribution in [3.05, 3.63) is 60.2 Å². The zero-order chi connectivity index (χ0) is 23.4. The molecule has 1 aliphatic rings. The van der Waals surface area contributed by atoms with Crippen molar-refractivity contribution in [2.24, 2.45) is 5.92 Å². The van der Waals surface area contributed by atoms with E-state index in [-0.39, 0.29) is 29.8 Å². The van der Waals surface area contributed by atoms with Crippen LogP contribution in [0.3, 0.4) is 0 Å². The van der Waals surface area contributed by atoms with Crippen molar-refractivity contribution >= 4 is 15.9 Å². The highest BCUT2D eigenvalue weighted by atomic mass is 32.2. The number of piperidine rings is 1. The van der Waals surface area contributed by atoms with E-state index in [1.165, 1.54) is 16.4 Å². The topological polar surface area (TPSA) is 115 Å². The zero-order valence-corrected chi connectivity index (χ0v) is 18.7. The molecular weight excluding hydrogens is 451 g/mol. The average Bonchev–Trinajstić information content (AvgIpc) is 3.32. The highest BCUT2D eigenvalue weighted by Crippen LogP contribution is 2.24. The molecule has 11 heteroatoms. The third-order valence-electron chi connectivity index (χ3n) is 5.44. The van der Waals surface area contributed by atoms with Gasteiger partial charge in [-0.3, -0.25) is 4.79 Å². The largest absolute Gasteiger partial charge is 0.497 e. The molecule has 0 bridgehead atoms. The number of aromatic nitrogens is 2. The van der Waals surface area contributed by atoms with Gasteiger partial charge in [0.1, 0.15) is 11.6 Å². The van der Waals surface area contributed by atoms with Crippen LogP contribution in [0.25, 0.3) is 11.4 Å². The fraction of sp³-hybridized carbons (Fsp3) is 0.318. The van der Waals surface area contributed by atoms with Gasteiger partial charge in [0.2, 0.25) is 27.6 Å². The number of hydrogen-bond acceptors (Lipinski definition) is 7. The van der Waals surface area contributed by atoms with Crippen molar-refractivity contribution in [3.8, 4) is 17.1 Å². The third-order valence-corrected chi connectivity index (χ3v) is 7.32. The lowest BCUT2D eigenvalue weighted by molar-refractivity contribution is -0.126. The minimum atomic E-state index is -3.81. The van der Waals surface area contributed by atoms with Gasteiger partial charge in [0, 0.05) is 18.7 Å². The Balaban J connectivity index is 1.36. The number of carbonyl (C=O) groups excluding carboxylic acids is 1. The first-order valence-corrected chi connectivity index (χ1v) is 11.8. The van der Waals surface area contributed by atoms with Crippen LogP contribution in [0.4, 0.5) is 4.39 Å². The van der Waals surface area contributed by atoms with Crippen LogP contribution in [0.15, 0.2) is 57.9 Å². The summed E-state index contributed by atoms with van der Waals surface area (Å²) in [5.41, 5.74) is 0.742. The summed E-state index contributed by atoms with van der Waals surface area (Å²) >= 11 is 0. The highest BCUT2D eigenvalue weighted by molar-refractivity contribution is 7.89. The molecule has 1 unspecified atom stereocenters. The van der Waals surface area contributed by atoms with Crippen LogP contribution >= 0.6 is 0 Å². The summed E-state index contributed by atoms with van der Waals surface area (Å²) in [6.45, 7) is 0.383. The number of hydrogen-bond donors (Lipinski definition) is 1. The second kappa shape index (κ2) is 9.67. The number of halogens is 1. The van der Waals surface area contributed by atoms with Crippen LogP contribution in [-0.4, -0.2) is 49.0 Å². The minimum absolute atomic E-state index is 0.00174. The number of nitrogens with zero attached hydrogens (tertiary/aromatic N) is 3. The molecule has 33 heavy (non-hydrogen) atoms. The van der Waals surface area contributed by atoms with Gasteiger partial charge in [-0.1, -0.05) is 5.16 Å². The summed E-state index contributed by atoms with van der Waals surface area (Å²) in [5, 5.41) is 6.67. The minimum Gasteiger partial charge on any atom is -0.497 e. The number of ether oxygens (including phenoxy) is 1. The average molecular weight is 475 g/mol. The summed E-state index contributed by atoms with van der Waals surface area (Å²) < 4.78 is 50.5. The van der Waals surface area contributed by atoms with Crippen molar-refractivity contribution in [3.63, 3.8) is 0 Å². The lowest BCUT2D eigenvalue weighted by Crippen LogP contribution is -2.45. The molecule has 2 aromatic carbocycles. The number of methoxy groups -OCH3 is 1. The van der Waals surface area contributed by atoms with E-state index in [1.54, 1.807) is 31.4 Å². The molecule has 0 saturated carbocycles. The second-order valence-corrected chi connectivity index (χ2v) is 9.55.